The van der Waals surface area contributed by atoms with E-state index >= 15 is 0 Å². The molecule has 0 fully saturated rings. The molecule has 2 aliphatic carbocycles. The molecule has 1 heteroatoms. The molecule has 2 aliphatic rings. The highest BCUT2D eigenvalue weighted by atomic mass is 28.3. The van der Waals surface area contributed by atoms with Crippen molar-refractivity contribution < 1.29 is 0 Å². The van der Waals surface area contributed by atoms with Gasteiger partial charge in [0.25, 0.3) is 0 Å². The molecule has 0 spiro atoms. The fraction of sp³-hybridized carbons (Fsp3) is 0.333. The second-order valence-corrected chi connectivity index (χ2v) is 12.9. The monoisotopic (exact) mass is 344 g/mol. The molecule has 4 rings (SSSR count). The van der Waals surface area contributed by atoms with Crippen molar-refractivity contribution in [1.29, 1.82) is 0 Å². The lowest BCUT2D eigenvalue weighted by atomic mass is 10.0. The number of benzene rings is 2. The Bertz CT molecular complexity index is 798. The van der Waals surface area contributed by atoms with Crippen molar-refractivity contribution in [2.45, 2.75) is 50.9 Å². The van der Waals surface area contributed by atoms with Gasteiger partial charge in [-0.1, -0.05) is 87.6 Å². The Labute approximate surface area is 153 Å². The molecule has 0 heterocycles. The summed E-state index contributed by atoms with van der Waals surface area (Å²) in [7, 11) is -1.61. The number of rotatable bonds is 4. The zero-order valence-electron chi connectivity index (χ0n) is 15.8. The van der Waals surface area contributed by atoms with E-state index in [0.29, 0.717) is 11.1 Å². The Balaban J connectivity index is 1.81. The van der Waals surface area contributed by atoms with E-state index in [-0.39, 0.29) is 0 Å². The molecule has 0 radical (unpaired) electrons. The van der Waals surface area contributed by atoms with Gasteiger partial charge < -0.3 is 0 Å². The van der Waals surface area contributed by atoms with E-state index in [1.165, 1.54) is 11.1 Å². The molecule has 0 saturated heterocycles. The van der Waals surface area contributed by atoms with Crippen LogP contribution >= 0.6 is 0 Å². The van der Waals surface area contributed by atoms with Crippen LogP contribution in [0.25, 0.3) is 11.1 Å². The largest absolute Gasteiger partial charge is 0.0759 e. The number of hydrogen-bond acceptors (Lipinski definition) is 0. The first-order valence-electron chi connectivity index (χ1n) is 9.67. The third-order valence-electron chi connectivity index (χ3n) is 6.38. The van der Waals surface area contributed by atoms with Crippen LogP contribution in [-0.2, 0) is 0 Å². The van der Waals surface area contributed by atoms with Crippen LogP contribution in [0.5, 0.6) is 0 Å². The second kappa shape index (κ2) is 6.14. The summed E-state index contributed by atoms with van der Waals surface area (Å²) < 4.78 is 0. The third kappa shape index (κ3) is 2.48. The topological polar surface area (TPSA) is 0 Å². The quantitative estimate of drug-likeness (QED) is 0.526. The fourth-order valence-electron chi connectivity index (χ4n) is 4.92. The maximum Gasteiger partial charge on any atom is 0.0715 e. The van der Waals surface area contributed by atoms with Gasteiger partial charge in [0.2, 0.25) is 0 Å². The highest BCUT2D eigenvalue weighted by molar-refractivity contribution is 6.81. The molecular weight excluding hydrogens is 316 g/mol. The maximum atomic E-state index is 2.61. The molecule has 2 unspecified atom stereocenters. The minimum Gasteiger partial charge on any atom is -0.0759 e. The molecule has 0 nitrogen and oxygen atoms in total. The van der Waals surface area contributed by atoms with Gasteiger partial charge >= 0.3 is 0 Å². The van der Waals surface area contributed by atoms with Crippen LogP contribution in [0.3, 0.4) is 0 Å². The molecule has 0 amide bonds. The zero-order valence-corrected chi connectivity index (χ0v) is 16.8. The van der Waals surface area contributed by atoms with E-state index in [1.54, 1.807) is 22.3 Å². The number of allylic oxidation sites excluding steroid dienone is 4. The van der Waals surface area contributed by atoms with Crippen molar-refractivity contribution in [2.75, 3.05) is 0 Å². The Hall–Kier alpha value is -1.86. The van der Waals surface area contributed by atoms with Crippen LogP contribution in [0.1, 0.15) is 60.0 Å². The molecular formula is C24H28Si. The second-order valence-electron chi connectivity index (χ2n) is 8.04. The molecule has 25 heavy (non-hydrogen) atoms. The summed E-state index contributed by atoms with van der Waals surface area (Å²) >= 11 is 0. The third-order valence-corrected chi connectivity index (χ3v) is 10.5. The summed E-state index contributed by atoms with van der Waals surface area (Å²) in [5, 5.41) is 0. The zero-order chi connectivity index (χ0) is 17.6. The summed E-state index contributed by atoms with van der Waals surface area (Å²) in [6.07, 6.45) is 7.49. The van der Waals surface area contributed by atoms with Gasteiger partial charge in [-0.15, -0.1) is 0 Å². The van der Waals surface area contributed by atoms with Crippen molar-refractivity contribution in [3.63, 3.8) is 0 Å². The van der Waals surface area contributed by atoms with E-state index in [2.05, 4.69) is 87.6 Å². The van der Waals surface area contributed by atoms with Crippen LogP contribution < -0.4 is 0 Å². The molecule has 0 bridgehead atoms. The van der Waals surface area contributed by atoms with Gasteiger partial charge in [0.15, 0.2) is 0 Å². The number of hydrogen-bond donors (Lipinski definition) is 0. The van der Waals surface area contributed by atoms with Gasteiger partial charge in [-0.25, -0.2) is 0 Å². The van der Waals surface area contributed by atoms with Gasteiger partial charge in [0.05, 0.1) is 8.07 Å². The molecule has 0 saturated carbocycles. The minimum absolute atomic E-state index is 0.615. The summed E-state index contributed by atoms with van der Waals surface area (Å²) in [5.41, 5.74) is 10.5. The van der Waals surface area contributed by atoms with Crippen molar-refractivity contribution in [2.24, 2.45) is 0 Å². The molecule has 128 valence electrons. The summed E-state index contributed by atoms with van der Waals surface area (Å²) in [6.45, 7) is 9.78. The molecule has 2 aromatic carbocycles. The number of fused-ring (bicyclic) bond motifs is 2. The first-order chi connectivity index (χ1) is 12.1. The van der Waals surface area contributed by atoms with Gasteiger partial charge in [-0.2, -0.15) is 0 Å². The van der Waals surface area contributed by atoms with E-state index in [4.69, 9.17) is 0 Å². The predicted molar refractivity (Wildman–Crippen MR) is 112 cm³/mol. The Morgan fingerprint density at radius 3 is 1.48 bits per heavy atom. The van der Waals surface area contributed by atoms with Crippen LogP contribution in [0.2, 0.25) is 13.1 Å². The fourth-order valence-corrected chi connectivity index (χ4v) is 8.68. The smallest absolute Gasteiger partial charge is 0.0715 e. The van der Waals surface area contributed by atoms with E-state index in [9.17, 15) is 0 Å². The lowest BCUT2D eigenvalue weighted by Gasteiger charge is -2.35. The van der Waals surface area contributed by atoms with Crippen molar-refractivity contribution >= 4 is 19.2 Å². The Kier molecular flexibility index (Phi) is 4.08. The van der Waals surface area contributed by atoms with Crippen LogP contribution in [0.15, 0.2) is 60.7 Å². The Morgan fingerprint density at radius 1 is 0.680 bits per heavy atom. The van der Waals surface area contributed by atoms with Crippen molar-refractivity contribution in [1.82, 2.24) is 0 Å². The molecule has 0 aliphatic heterocycles. The summed E-state index contributed by atoms with van der Waals surface area (Å²) in [5.74, 6) is 0. The van der Waals surface area contributed by atoms with E-state index < -0.39 is 8.07 Å². The van der Waals surface area contributed by atoms with E-state index in [1.807, 2.05) is 0 Å². The Morgan fingerprint density at radius 2 is 1.08 bits per heavy atom. The molecule has 0 aromatic heterocycles. The average molecular weight is 345 g/mol. The normalized spacial score (nSPS) is 21.6. The average Bonchev–Trinajstić information content (AvgIpc) is 3.21. The van der Waals surface area contributed by atoms with Gasteiger partial charge in [-0.3, -0.25) is 0 Å². The van der Waals surface area contributed by atoms with Crippen LogP contribution in [-0.4, -0.2) is 8.07 Å². The van der Waals surface area contributed by atoms with E-state index in [0.717, 1.165) is 12.8 Å². The van der Waals surface area contributed by atoms with Crippen LogP contribution in [0.4, 0.5) is 0 Å². The minimum atomic E-state index is -1.61. The van der Waals surface area contributed by atoms with Gasteiger partial charge in [0, 0.05) is 0 Å². The summed E-state index contributed by atoms with van der Waals surface area (Å²) in [4.78, 5) is 0. The van der Waals surface area contributed by atoms with Crippen LogP contribution in [0, 0.1) is 0 Å². The lowest BCUT2D eigenvalue weighted by Crippen LogP contribution is -2.39. The highest BCUT2D eigenvalue weighted by Crippen LogP contribution is 2.50. The van der Waals surface area contributed by atoms with Gasteiger partial charge in [-0.05, 0) is 57.3 Å². The lowest BCUT2D eigenvalue weighted by molar-refractivity contribution is 1.05. The standard InChI is InChI=1S/C24H28Si/c1-5-17-15-23(21-13-9-7-11-19(17)21)25(3,4)24-16-18(6-2)20-12-8-10-14-22(20)24/h7-16,23-24H,5-6H2,1-4H3. The summed E-state index contributed by atoms with van der Waals surface area (Å²) in [6, 6.07) is 18.2. The maximum absolute atomic E-state index is 2.61. The molecule has 2 aromatic rings. The first-order valence-corrected chi connectivity index (χ1v) is 12.8. The molecule has 2 atom stereocenters. The van der Waals surface area contributed by atoms with Crippen molar-refractivity contribution in [3.05, 3.63) is 82.9 Å². The highest BCUT2D eigenvalue weighted by Gasteiger charge is 2.44. The van der Waals surface area contributed by atoms with Gasteiger partial charge in [0.1, 0.15) is 0 Å². The first kappa shape index (κ1) is 16.6. The van der Waals surface area contributed by atoms with Crippen molar-refractivity contribution in [3.8, 4) is 0 Å². The predicted octanol–water partition coefficient (Wildman–Crippen LogP) is 6.95. The SMILES string of the molecule is CCC1=CC([Si](C)(C)C2C=C(CC)c3ccccc32)c2ccccc21. The molecule has 0 N–H and O–H groups in total.